The van der Waals surface area contributed by atoms with Crippen molar-refractivity contribution in [3.8, 4) is 0 Å². The molecule has 3 rings (SSSR count). The van der Waals surface area contributed by atoms with Crippen LogP contribution in [0, 0.1) is 0 Å². The van der Waals surface area contributed by atoms with Crippen molar-refractivity contribution in [1.82, 2.24) is 10.4 Å². The number of thiol groups is 1. The summed E-state index contributed by atoms with van der Waals surface area (Å²) in [4.78, 5) is 31.6. The topological polar surface area (TPSA) is 58.6 Å². The van der Waals surface area contributed by atoms with E-state index in [0.717, 1.165) is 32.4 Å². The van der Waals surface area contributed by atoms with E-state index in [1.54, 1.807) is 0 Å². The van der Waals surface area contributed by atoms with Crippen LogP contribution in [0.15, 0.2) is 66.2 Å². The Morgan fingerprint density at radius 1 is 1.00 bits per heavy atom. The Bertz CT molecular complexity index is 864. The zero-order valence-electron chi connectivity index (χ0n) is 18.6. The normalized spacial score (nSPS) is 15.2. The lowest BCUT2D eigenvalue weighted by Gasteiger charge is -2.29. The fourth-order valence-electron chi connectivity index (χ4n) is 3.99. The molecule has 0 bridgehead atoms. The first-order valence-electron chi connectivity index (χ1n) is 11.3. The van der Waals surface area contributed by atoms with E-state index in [0.29, 0.717) is 12.2 Å². The monoisotopic (exact) mass is 452 g/mol. The van der Waals surface area contributed by atoms with E-state index in [-0.39, 0.29) is 18.3 Å². The molecule has 1 aliphatic heterocycles. The van der Waals surface area contributed by atoms with Gasteiger partial charge in [-0.2, -0.15) is 12.6 Å². The molecule has 0 aliphatic carbocycles. The van der Waals surface area contributed by atoms with Crippen molar-refractivity contribution >= 4 is 30.0 Å². The number of nitrogens with zero attached hydrogens (tertiary/aromatic N) is 1. The smallest absolute Gasteiger partial charge is 0.338 e. The van der Waals surface area contributed by atoms with Gasteiger partial charge in [-0.3, -0.25) is 9.69 Å². The Labute approximate surface area is 196 Å². The van der Waals surface area contributed by atoms with Gasteiger partial charge < -0.3 is 4.84 Å². The van der Waals surface area contributed by atoms with E-state index in [4.69, 9.17) is 4.84 Å². The summed E-state index contributed by atoms with van der Waals surface area (Å²) >= 11 is 4.18. The van der Waals surface area contributed by atoms with Gasteiger partial charge >= 0.3 is 5.97 Å². The summed E-state index contributed by atoms with van der Waals surface area (Å²) in [7, 11) is 0. The molecule has 170 valence electrons. The van der Waals surface area contributed by atoms with Gasteiger partial charge in [0.1, 0.15) is 6.04 Å². The molecule has 0 radical (unpaired) electrons. The number of carbonyl (C=O) groups excluding carboxylic acids is 2. The van der Waals surface area contributed by atoms with Gasteiger partial charge in [0, 0.05) is 25.3 Å². The predicted molar refractivity (Wildman–Crippen MR) is 131 cm³/mol. The van der Waals surface area contributed by atoms with Crippen LogP contribution in [0.5, 0.6) is 0 Å². The number of rotatable bonds is 10. The van der Waals surface area contributed by atoms with Crippen LogP contribution < -0.4 is 5.48 Å². The molecule has 1 aliphatic rings. The molecule has 1 heterocycles. The maximum absolute atomic E-state index is 12.3. The SMILES string of the molecule is CCCC(=O)[C@H](CS)NOC(=O)CN1CCC(=C(c2ccccc2)c2ccccc2)CC1. The van der Waals surface area contributed by atoms with Crippen LogP contribution in [0.1, 0.15) is 43.7 Å². The second kappa shape index (κ2) is 12.6. The zero-order chi connectivity index (χ0) is 22.8. The predicted octanol–water partition coefficient (Wildman–Crippen LogP) is 4.30. The number of hydrogen-bond donors (Lipinski definition) is 2. The highest BCUT2D eigenvalue weighted by Crippen LogP contribution is 2.32. The molecule has 32 heavy (non-hydrogen) atoms. The quantitative estimate of drug-likeness (QED) is 0.416. The molecule has 0 saturated carbocycles. The van der Waals surface area contributed by atoms with E-state index in [2.05, 4.69) is 71.5 Å². The fraction of sp³-hybridized carbons (Fsp3) is 0.385. The summed E-state index contributed by atoms with van der Waals surface area (Å²) in [5, 5.41) is 0. The van der Waals surface area contributed by atoms with Crippen molar-refractivity contribution in [2.45, 2.75) is 38.6 Å². The van der Waals surface area contributed by atoms with Crippen molar-refractivity contribution < 1.29 is 14.4 Å². The van der Waals surface area contributed by atoms with Crippen LogP contribution in [0.3, 0.4) is 0 Å². The van der Waals surface area contributed by atoms with E-state index in [1.165, 1.54) is 22.3 Å². The number of ketones is 1. The number of carbonyl (C=O) groups is 2. The molecule has 1 fully saturated rings. The second-order valence-corrected chi connectivity index (χ2v) is 8.40. The molecule has 2 aromatic rings. The highest BCUT2D eigenvalue weighted by molar-refractivity contribution is 7.80. The van der Waals surface area contributed by atoms with Gasteiger partial charge in [-0.05, 0) is 36.0 Å². The molecule has 6 heteroatoms. The molecule has 0 aromatic heterocycles. The summed E-state index contributed by atoms with van der Waals surface area (Å²) in [6.07, 6.45) is 3.00. The van der Waals surface area contributed by atoms with Gasteiger partial charge in [-0.1, -0.05) is 73.2 Å². The first-order chi connectivity index (χ1) is 15.6. The molecule has 0 unspecified atom stereocenters. The summed E-state index contributed by atoms with van der Waals surface area (Å²) in [5.74, 6) is -0.0663. The van der Waals surface area contributed by atoms with Crippen LogP contribution in [0.2, 0.25) is 0 Å². The number of hydroxylamine groups is 1. The minimum Gasteiger partial charge on any atom is -0.369 e. The van der Waals surface area contributed by atoms with Crippen LogP contribution in [0.25, 0.3) is 5.57 Å². The van der Waals surface area contributed by atoms with E-state index in [1.807, 2.05) is 19.1 Å². The minimum absolute atomic E-state index is 0.0115. The Kier molecular flexibility index (Phi) is 9.53. The van der Waals surface area contributed by atoms with Gasteiger partial charge in [0.15, 0.2) is 5.78 Å². The Morgan fingerprint density at radius 3 is 2.06 bits per heavy atom. The summed E-state index contributed by atoms with van der Waals surface area (Å²) in [5.41, 5.74) is 7.75. The number of benzene rings is 2. The number of likely N-dealkylation sites (tertiary alicyclic amines) is 1. The standard InChI is InChI=1S/C26H32N2O3S/c1-2-9-24(29)23(19-32)27-31-25(30)18-28-16-14-22(15-17-28)26(20-10-5-3-6-11-20)21-12-7-4-8-13-21/h3-8,10-13,23,27,32H,2,9,14-19H2,1H3/t23-/m0/s1. The van der Waals surface area contributed by atoms with Crippen molar-refractivity contribution in [3.63, 3.8) is 0 Å². The van der Waals surface area contributed by atoms with Gasteiger partial charge in [-0.15, -0.1) is 5.48 Å². The summed E-state index contributed by atoms with van der Waals surface area (Å²) < 4.78 is 0. The Morgan fingerprint density at radius 2 is 1.56 bits per heavy atom. The molecule has 2 aromatic carbocycles. The molecule has 5 nitrogen and oxygen atoms in total. The lowest BCUT2D eigenvalue weighted by molar-refractivity contribution is -0.155. The average Bonchev–Trinajstić information content (AvgIpc) is 2.82. The number of nitrogens with one attached hydrogen (secondary N) is 1. The molecule has 0 spiro atoms. The van der Waals surface area contributed by atoms with Crippen LogP contribution in [-0.4, -0.2) is 48.1 Å². The lowest BCUT2D eigenvalue weighted by Crippen LogP contribution is -2.43. The van der Waals surface area contributed by atoms with Gasteiger partial charge in [0.25, 0.3) is 0 Å². The van der Waals surface area contributed by atoms with Crippen molar-refractivity contribution in [1.29, 1.82) is 0 Å². The first-order valence-corrected chi connectivity index (χ1v) is 11.9. The second-order valence-electron chi connectivity index (χ2n) is 8.03. The molecule has 1 N–H and O–H groups in total. The Balaban J connectivity index is 1.60. The van der Waals surface area contributed by atoms with Gasteiger partial charge in [0.2, 0.25) is 0 Å². The van der Waals surface area contributed by atoms with E-state index in [9.17, 15) is 9.59 Å². The number of hydrogen-bond acceptors (Lipinski definition) is 6. The van der Waals surface area contributed by atoms with Crippen molar-refractivity contribution in [3.05, 3.63) is 77.4 Å². The average molecular weight is 453 g/mol. The van der Waals surface area contributed by atoms with Crippen molar-refractivity contribution in [2.75, 3.05) is 25.4 Å². The Hall–Kier alpha value is -2.41. The number of piperidine rings is 1. The molecule has 1 atom stereocenters. The van der Waals surface area contributed by atoms with E-state index >= 15 is 0 Å². The first kappa shape index (κ1) is 24.2. The van der Waals surface area contributed by atoms with Crippen LogP contribution >= 0.6 is 12.6 Å². The van der Waals surface area contributed by atoms with Gasteiger partial charge in [-0.25, -0.2) is 4.79 Å². The van der Waals surface area contributed by atoms with Crippen molar-refractivity contribution in [2.24, 2.45) is 0 Å². The van der Waals surface area contributed by atoms with Gasteiger partial charge in [0.05, 0.1) is 6.54 Å². The van der Waals surface area contributed by atoms with Crippen LogP contribution in [0.4, 0.5) is 0 Å². The highest BCUT2D eigenvalue weighted by atomic mass is 32.1. The largest absolute Gasteiger partial charge is 0.369 e. The third-order valence-electron chi connectivity index (χ3n) is 5.67. The maximum Gasteiger partial charge on any atom is 0.338 e. The van der Waals surface area contributed by atoms with Crippen LogP contribution in [-0.2, 0) is 14.4 Å². The lowest BCUT2D eigenvalue weighted by atomic mass is 9.88. The third kappa shape index (κ3) is 6.79. The molecule has 0 amide bonds. The zero-order valence-corrected chi connectivity index (χ0v) is 19.5. The molecular weight excluding hydrogens is 420 g/mol. The molecule has 1 saturated heterocycles. The highest BCUT2D eigenvalue weighted by Gasteiger charge is 2.22. The summed E-state index contributed by atoms with van der Waals surface area (Å²) in [6.45, 7) is 3.73. The minimum atomic E-state index is -0.558. The maximum atomic E-state index is 12.3. The molecular formula is C26H32N2O3S. The fourth-order valence-corrected chi connectivity index (χ4v) is 4.27. The number of Topliss-reactive ketones (excluding diaryl/α,β-unsaturated/α-hetero) is 1. The summed E-state index contributed by atoms with van der Waals surface area (Å²) in [6, 6.07) is 20.4. The third-order valence-corrected chi connectivity index (χ3v) is 6.04. The van der Waals surface area contributed by atoms with E-state index < -0.39 is 6.04 Å².